The van der Waals surface area contributed by atoms with Crippen molar-refractivity contribution >= 4 is 28.7 Å². The van der Waals surface area contributed by atoms with Crippen LogP contribution in [0.25, 0.3) is 0 Å². The number of nitro benzene ring substituents is 2. The molecule has 11 heteroatoms. The highest BCUT2D eigenvalue weighted by Gasteiger charge is 2.27. The van der Waals surface area contributed by atoms with Crippen LogP contribution in [-0.4, -0.2) is 21.5 Å². The molecule has 0 atom stereocenters. The molecule has 1 heterocycles. The van der Waals surface area contributed by atoms with Gasteiger partial charge >= 0.3 is 5.69 Å². The lowest BCUT2D eigenvalue weighted by molar-refractivity contribution is -0.393. The average Bonchev–Trinajstić information content (AvgIpc) is 2.97. The lowest BCUT2D eigenvalue weighted by Crippen LogP contribution is -2.14. The molecule has 0 saturated heterocycles. The van der Waals surface area contributed by atoms with Crippen LogP contribution in [0.15, 0.2) is 27.7 Å². The number of carbonyl (C=O) groups is 1. The quantitative estimate of drug-likeness (QED) is 0.600. The van der Waals surface area contributed by atoms with Crippen molar-refractivity contribution in [2.45, 2.75) is 26.2 Å². The molecule has 0 radical (unpaired) electrons. The highest BCUT2D eigenvalue weighted by Crippen LogP contribution is 2.32. The van der Waals surface area contributed by atoms with E-state index in [9.17, 15) is 25.0 Å². The largest absolute Gasteiger partial charge is 0.455 e. The fraction of sp³-hybridized carbons (Fsp3) is 0.250. The first-order valence-electron chi connectivity index (χ1n) is 7.97. The summed E-state index contributed by atoms with van der Waals surface area (Å²) in [5.41, 5.74) is 8.86. The van der Waals surface area contributed by atoms with Crippen molar-refractivity contribution in [3.8, 4) is 0 Å². The van der Waals surface area contributed by atoms with E-state index in [0.717, 1.165) is 18.6 Å². The third kappa shape index (κ3) is 3.34. The second-order valence-electron chi connectivity index (χ2n) is 5.96. The van der Waals surface area contributed by atoms with Gasteiger partial charge < -0.3 is 10.2 Å². The van der Waals surface area contributed by atoms with E-state index < -0.39 is 27.1 Å². The van der Waals surface area contributed by atoms with Crippen LogP contribution in [0.4, 0.5) is 17.1 Å². The first-order valence-corrected chi connectivity index (χ1v) is 7.97. The number of nitrogens with two attached hydrogens (primary N) is 1. The number of non-ortho nitro benzene ring substituents is 1. The van der Waals surface area contributed by atoms with Crippen LogP contribution in [0.2, 0.25) is 0 Å². The van der Waals surface area contributed by atoms with Crippen molar-refractivity contribution in [2.24, 2.45) is 10.8 Å². The highest BCUT2D eigenvalue weighted by atomic mass is 16.6. The molecule has 0 fully saturated rings. The minimum atomic E-state index is -0.726. The summed E-state index contributed by atoms with van der Waals surface area (Å²) in [5, 5.41) is 26.2. The van der Waals surface area contributed by atoms with Crippen molar-refractivity contribution in [2.75, 3.05) is 5.43 Å². The average molecular weight is 373 g/mol. The Morgan fingerprint density at radius 2 is 2.00 bits per heavy atom. The van der Waals surface area contributed by atoms with Crippen molar-refractivity contribution < 1.29 is 19.1 Å². The Labute approximate surface area is 152 Å². The molecule has 140 valence electrons. The van der Waals surface area contributed by atoms with E-state index in [1.807, 2.05) is 0 Å². The zero-order valence-corrected chi connectivity index (χ0v) is 14.2. The zero-order chi connectivity index (χ0) is 19.7. The van der Waals surface area contributed by atoms with E-state index in [4.69, 9.17) is 10.2 Å². The topological polar surface area (TPSA) is 167 Å². The summed E-state index contributed by atoms with van der Waals surface area (Å²) in [6, 6.07) is 3.24. The number of fused-ring (bicyclic) bond motifs is 1. The van der Waals surface area contributed by atoms with Crippen LogP contribution < -0.4 is 11.2 Å². The second kappa shape index (κ2) is 6.86. The number of hydrogen-bond acceptors (Lipinski definition) is 8. The molecule has 0 unspecified atom stereocenters. The van der Waals surface area contributed by atoms with E-state index in [1.165, 1.54) is 6.07 Å². The fourth-order valence-electron chi connectivity index (χ4n) is 3.02. The van der Waals surface area contributed by atoms with Gasteiger partial charge in [-0.25, -0.2) is 0 Å². The summed E-state index contributed by atoms with van der Waals surface area (Å²) in [4.78, 5) is 32.1. The third-order valence-corrected chi connectivity index (χ3v) is 4.25. The van der Waals surface area contributed by atoms with Crippen LogP contribution in [0.3, 0.4) is 0 Å². The molecule has 0 spiro atoms. The summed E-state index contributed by atoms with van der Waals surface area (Å²) in [7, 11) is 0. The van der Waals surface area contributed by atoms with Crippen molar-refractivity contribution in [3.05, 3.63) is 61.1 Å². The summed E-state index contributed by atoms with van der Waals surface area (Å²) in [5.74, 6) is -0.0255. The van der Waals surface area contributed by atoms with Crippen molar-refractivity contribution in [1.29, 1.82) is 0 Å². The lowest BCUT2D eigenvalue weighted by atomic mass is 9.93. The fourth-order valence-corrected chi connectivity index (χ4v) is 3.02. The van der Waals surface area contributed by atoms with Crippen LogP contribution >= 0.6 is 0 Å². The third-order valence-electron chi connectivity index (χ3n) is 4.25. The predicted octanol–water partition coefficient (Wildman–Crippen LogP) is 2.66. The number of hydrogen-bond donors (Lipinski definition) is 2. The Hall–Kier alpha value is -3.76. The van der Waals surface area contributed by atoms with Crippen molar-refractivity contribution in [1.82, 2.24) is 0 Å². The van der Waals surface area contributed by atoms with Gasteiger partial charge in [0.05, 0.1) is 21.6 Å². The van der Waals surface area contributed by atoms with Gasteiger partial charge in [0, 0.05) is 23.6 Å². The highest BCUT2D eigenvalue weighted by molar-refractivity contribution is 6.06. The SMILES string of the molecule is Cc1c(C(N)=O)oc2c1/C(=N/Nc1ccc([N+](=O)[O-])cc1[N+](=O)[O-])CCC2. The van der Waals surface area contributed by atoms with Gasteiger partial charge in [-0.15, -0.1) is 0 Å². The molecule has 11 nitrogen and oxygen atoms in total. The van der Waals surface area contributed by atoms with E-state index in [2.05, 4.69) is 10.5 Å². The molecule has 2 aromatic rings. The molecule has 1 aromatic carbocycles. The van der Waals surface area contributed by atoms with Crippen LogP contribution in [0, 0.1) is 27.2 Å². The standard InChI is InChI=1S/C16H15N5O6/c1-8-14-11(3-2-4-13(14)27-15(8)16(17)22)19-18-10-6-5-9(20(23)24)7-12(10)21(25)26/h5-7,18H,2-4H2,1H3,(H2,17,22)/b19-11+. The first kappa shape index (κ1) is 18.0. The number of anilines is 1. The first-order chi connectivity index (χ1) is 12.8. The maximum absolute atomic E-state index is 11.5. The Morgan fingerprint density at radius 1 is 1.26 bits per heavy atom. The molecule has 0 bridgehead atoms. The van der Waals surface area contributed by atoms with Gasteiger partial charge in [-0.05, 0) is 25.8 Å². The molecule has 3 N–H and O–H groups in total. The number of benzene rings is 1. The van der Waals surface area contributed by atoms with Gasteiger partial charge in [0.25, 0.3) is 11.6 Å². The molecule has 1 aliphatic rings. The van der Waals surface area contributed by atoms with E-state index >= 15 is 0 Å². The Balaban J connectivity index is 1.98. The van der Waals surface area contributed by atoms with Gasteiger partial charge in [-0.2, -0.15) is 5.10 Å². The van der Waals surface area contributed by atoms with E-state index in [1.54, 1.807) is 6.92 Å². The van der Waals surface area contributed by atoms with Crippen LogP contribution in [-0.2, 0) is 6.42 Å². The second-order valence-corrected chi connectivity index (χ2v) is 5.96. The minimum Gasteiger partial charge on any atom is -0.455 e. The number of nitrogens with one attached hydrogen (secondary N) is 1. The smallest absolute Gasteiger partial charge is 0.301 e. The number of primary amides is 1. The molecule has 0 saturated carbocycles. The summed E-state index contributed by atoms with van der Waals surface area (Å²) in [6.45, 7) is 1.69. The number of carbonyl (C=O) groups excluding carboxylic acids is 1. The van der Waals surface area contributed by atoms with Gasteiger partial charge in [-0.3, -0.25) is 30.4 Å². The number of rotatable bonds is 5. The summed E-state index contributed by atoms with van der Waals surface area (Å²) < 4.78 is 5.52. The number of furan rings is 1. The van der Waals surface area contributed by atoms with Crippen molar-refractivity contribution in [3.63, 3.8) is 0 Å². The van der Waals surface area contributed by atoms with Gasteiger partial charge in [0.1, 0.15) is 11.4 Å². The number of hydrazone groups is 1. The zero-order valence-electron chi connectivity index (χ0n) is 14.2. The Kier molecular flexibility index (Phi) is 4.59. The molecule has 3 rings (SSSR count). The minimum absolute atomic E-state index is 0.0153. The predicted molar refractivity (Wildman–Crippen MR) is 94.8 cm³/mol. The summed E-state index contributed by atoms with van der Waals surface area (Å²) >= 11 is 0. The summed E-state index contributed by atoms with van der Waals surface area (Å²) in [6.07, 6.45) is 1.92. The lowest BCUT2D eigenvalue weighted by Gasteiger charge is -2.13. The van der Waals surface area contributed by atoms with Gasteiger partial charge in [-0.1, -0.05) is 0 Å². The van der Waals surface area contributed by atoms with Crippen LogP contribution in [0.5, 0.6) is 0 Å². The molecule has 27 heavy (non-hydrogen) atoms. The molecule has 1 aliphatic carbocycles. The van der Waals surface area contributed by atoms with Gasteiger partial charge in [0.15, 0.2) is 5.76 Å². The van der Waals surface area contributed by atoms with E-state index in [-0.39, 0.29) is 11.4 Å². The Morgan fingerprint density at radius 3 is 2.63 bits per heavy atom. The van der Waals surface area contributed by atoms with Crippen LogP contribution in [0.1, 0.15) is 40.3 Å². The normalized spacial score (nSPS) is 14.6. The number of aryl methyl sites for hydroxylation is 1. The number of nitrogens with zero attached hydrogens (tertiary/aromatic N) is 3. The Bertz CT molecular complexity index is 993. The molecular weight excluding hydrogens is 358 g/mol. The van der Waals surface area contributed by atoms with E-state index in [0.29, 0.717) is 35.4 Å². The molecule has 1 amide bonds. The molecule has 1 aromatic heterocycles. The maximum Gasteiger partial charge on any atom is 0.301 e. The maximum atomic E-state index is 11.5. The monoisotopic (exact) mass is 373 g/mol. The van der Waals surface area contributed by atoms with Gasteiger partial charge in [0.2, 0.25) is 0 Å². The molecule has 0 aliphatic heterocycles. The molecular formula is C16H15N5O6. The number of amides is 1. The number of nitro groups is 2.